The average molecular weight is 629 g/mol. The second kappa shape index (κ2) is 11.0. The number of tetrazole rings is 1. The Bertz CT molecular complexity index is 1500. The Morgan fingerprint density at radius 2 is 1.72 bits per heavy atom. The van der Waals surface area contributed by atoms with E-state index in [1.807, 2.05) is 30.3 Å². The molecule has 4 fully saturated rings. The van der Waals surface area contributed by atoms with Crippen molar-refractivity contribution >= 4 is 5.97 Å². The van der Waals surface area contributed by atoms with Gasteiger partial charge in [-0.25, -0.2) is 4.68 Å². The standard InChI is InChI=1S/C39H56N4O3/c1-25-15-20-39(34(45)46-24-23-43-33(40-41-42-43)27-11-9-8-10-12-27)22-21-37(6)28(32(39)26(25)2)13-14-30-36(5)18-17-31(44)35(3,4)29(36)16-19-38(30,37)7/h8-13,25-26,29-32,44H,14-24H2,1-7H3/t25-,26+,29+,30-,31+,32+,36+,37-,38-,39+/m1/s1. The number of esters is 1. The second-order valence-corrected chi connectivity index (χ2v) is 17.4. The first-order valence-corrected chi connectivity index (χ1v) is 18.2. The molecule has 0 spiro atoms. The molecule has 0 aliphatic heterocycles. The molecular formula is C39H56N4O3. The highest BCUT2D eigenvalue weighted by molar-refractivity contribution is 5.79. The number of benzene rings is 1. The molecule has 5 aliphatic carbocycles. The van der Waals surface area contributed by atoms with Crippen molar-refractivity contribution in [1.29, 1.82) is 0 Å². The quantitative estimate of drug-likeness (QED) is 0.267. The molecule has 0 saturated heterocycles. The molecule has 7 nitrogen and oxygen atoms in total. The lowest BCUT2D eigenvalue weighted by Crippen LogP contribution is -2.65. The summed E-state index contributed by atoms with van der Waals surface area (Å²) in [6.07, 6.45) is 11.8. The number of ether oxygens (including phenoxy) is 1. The Kier molecular flexibility index (Phi) is 7.66. The van der Waals surface area contributed by atoms with Crippen LogP contribution in [0.15, 0.2) is 42.0 Å². The summed E-state index contributed by atoms with van der Waals surface area (Å²) in [6.45, 7) is 17.9. The van der Waals surface area contributed by atoms with E-state index in [1.54, 1.807) is 10.3 Å². The lowest BCUT2D eigenvalue weighted by Gasteiger charge is -2.71. The number of rotatable bonds is 5. The first-order chi connectivity index (χ1) is 21.8. The van der Waals surface area contributed by atoms with E-state index in [1.165, 1.54) is 12.8 Å². The van der Waals surface area contributed by atoms with Crippen LogP contribution in [-0.2, 0) is 16.1 Å². The van der Waals surface area contributed by atoms with E-state index in [-0.39, 0.29) is 46.3 Å². The van der Waals surface area contributed by atoms with E-state index in [9.17, 15) is 9.90 Å². The van der Waals surface area contributed by atoms with Gasteiger partial charge in [-0.05, 0) is 119 Å². The maximum absolute atomic E-state index is 14.4. The predicted molar refractivity (Wildman–Crippen MR) is 179 cm³/mol. The number of hydrogen-bond donors (Lipinski definition) is 1. The molecule has 4 saturated carbocycles. The van der Waals surface area contributed by atoms with Crippen molar-refractivity contribution in [1.82, 2.24) is 20.2 Å². The molecule has 0 bridgehead atoms. The van der Waals surface area contributed by atoms with Crippen molar-refractivity contribution in [2.75, 3.05) is 6.61 Å². The Balaban J connectivity index is 1.17. The normalized spacial score (nSPS) is 42.9. The third kappa shape index (κ3) is 4.38. The molecule has 46 heavy (non-hydrogen) atoms. The van der Waals surface area contributed by atoms with Crippen LogP contribution in [0.3, 0.4) is 0 Å². The van der Waals surface area contributed by atoms with Gasteiger partial charge < -0.3 is 9.84 Å². The Morgan fingerprint density at radius 3 is 2.48 bits per heavy atom. The zero-order valence-electron chi connectivity index (χ0n) is 29.3. The van der Waals surface area contributed by atoms with Crippen LogP contribution in [0.25, 0.3) is 11.4 Å². The van der Waals surface area contributed by atoms with Gasteiger partial charge in [0.1, 0.15) is 6.61 Å². The summed E-state index contributed by atoms with van der Waals surface area (Å²) in [6, 6.07) is 9.92. The van der Waals surface area contributed by atoms with Gasteiger partial charge >= 0.3 is 5.97 Å². The van der Waals surface area contributed by atoms with Crippen LogP contribution in [0.2, 0.25) is 0 Å². The van der Waals surface area contributed by atoms with E-state index >= 15 is 0 Å². The summed E-state index contributed by atoms with van der Waals surface area (Å²) in [5.74, 6) is 3.01. The van der Waals surface area contributed by atoms with Gasteiger partial charge in [0, 0.05) is 5.56 Å². The topological polar surface area (TPSA) is 90.1 Å². The zero-order chi connectivity index (χ0) is 32.7. The predicted octanol–water partition coefficient (Wildman–Crippen LogP) is 7.90. The molecule has 2 aromatic rings. The first kappa shape index (κ1) is 32.0. The van der Waals surface area contributed by atoms with Crippen molar-refractivity contribution in [3.8, 4) is 11.4 Å². The number of fused-ring (bicyclic) bond motifs is 7. The number of carbonyl (C=O) groups is 1. The molecule has 0 radical (unpaired) electrons. The molecule has 7 heteroatoms. The van der Waals surface area contributed by atoms with Crippen LogP contribution >= 0.6 is 0 Å². The van der Waals surface area contributed by atoms with E-state index in [0.717, 1.165) is 50.5 Å². The number of allylic oxidation sites excluding steroid dienone is 2. The third-order valence-corrected chi connectivity index (χ3v) is 15.5. The van der Waals surface area contributed by atoms with Gasteiger partial charge in [-0.3, -0.25) is 4.79 Å². The van der Waals surface area contributed by atoms with E-state index in [4.69, 9.17) is 4.74 Å². The molecule has 10 atom stereocenters. The van der Waals surface area contributed by atoms with Crippen LogP contribution < -0.4 is 0 Å². The van der Waals surface area contributed by atoms with Gasteiger partial charge in [0.25, 0.3) is 0 Å². The molecule has 250 valence electrons. The molecule has 0 amide bonds. The highest BCUT2D eigenvalue weighted by atomic mass is 16.5. The zero-order valence-corrected chi connectivity index (χ0v) is 29.3. The summed E-state index contributed by atoms with van der Waals surface area (Å²) in [7, 11) is 0. The third-order valence-electron chi connectivity index (χ3n) is 15.5. The fraction of sp³-hybridized carbons (Fsp3) is 0.744. The van der Waals surface area contributed by atoms with Crippen LogP contribution in [0.4, 0.5) is 0 Å². The monoisotopic (exact) mass is 628 g/mol. The average Bonchev–Trinajstić information content (AvgIpc) is 3.50. The lowest BCUT2D eigenvalue weighted by atomic mass is 9.33. The maximum atomic E-state index is 14.4. The summed E-state index contributed by atoms with van der Waals surface area (Å²) < 4.78 is 7.99. The summed E-state index contributed by atoms with van der Waals surface area (Å²) in [5.41, 5.74) is 2.44. The molecule has 0 unspecified atom stereocenters. The maximum Gasteiger partial charge on any atom is 0.312 e. The molecule has 1 aromatic heterocycles. The number of aliphatic hydroxyl groups is 1. The molecular weight excluding hydrogens is 572 g/mol. The van der Waals surface area contributed by atoms with Gasteiger partial charge in [0.05, 0.1) is 18.1 Å². The van der Waals surface area contributed by atoms with Gasteiger partial charge in [0.2, 0.25) is 0 Å². The number of aromatic nitrogens is 4. The van der Waals surface area contributed by atoms with Crippen LogP contribution in [0.1, 0.15) is 106 Å². The van der Waals surface area contributed by atoms with E-state index < -0.39 is 5.41 Å². The molecule has 1 aromatic carbocycles. The Morgan fingerprint density at radius 1 is 0.957 bits per heavy atom. The minimum Gasteiger partial charge on any atom is -0.463 e. The van der Waals surface area contributed by atoms with Crippen molar-refractivity contribution in [3.05, 3.63) is 42.0 Å². The smallest absolute Gasteiger partial charge is 0.312 e. The molecule has 1 N–H and O–H groups in total. The van der Waals surface area contributed by atoms with Crippen molar-refractivity contribution in [2.24, 2.45) is 56.7 Å². The fourth-order valence-electron chi connectivity index (χ4n) is 12.3. The lowest BCUT2D eigenvalue weighted by molar-refractivity contribution is -0.207. The van der Waals surface area contributed by atoms with Crippen molar-refractivity contribution in [3.63, 3.8) is 0 Å². The van der Waals surface area contributed by atoms with Crippen molar-refractivity contribution in [2.45, 2.75) is 119 Å². The molecule has 1 heterocycles. The van der Waals surface area contributed by atoms with E-state index in [2.05, 4.69) is 70.1 Å². The Labute approximate surface area is 276 Å². The minimum atomic E-state index is -0.471. The molecule has 5 aliphatic rings. The number of aliphatic hydroxyl groups excluding tert-OH is 1. The van der Waals surface area contributed by atoms with Gasteiger partial charge in [0.15, 0.2) is 5.82 Å². The molecule has 7 rings (SSSR count). The number of carbonyl (C=O) groups excluding carboxylic acids is 1. The SMILES string of the molecule is C[C@H]1[C@H](C)CC[C@]2(C(=O)OCCn3nnnc3-c3ccccc3)CC[C@]3(C)C(=CC[C@@H]4[C@@]5(C)CC[C@H](O)C(C)(C)[C@@H]5CC[C@]43C)[C@H]12. The highest BCUT2D eigenvalue weighted by Crippen LogP contribution is 2.75. The minimum absolute atomic E-state index is 0.0144. The summed E-state index contributed by atoms with van der Waals surface area (Å²) in [4.78, 5) is 14.4. The van der Waals surface area contributed by atoms with E-state index in [0.29, 0.717) is 36.0 Å². The van der Waals surface area contributed by atoms with Gasteiger partial charge in [-0.2, -0.15) is 0 Å². The number of hydrogen-bond acceptors (Lipinski definition) is 6. The first-order valence-electron chi connectivity index (χ1n) is 18.2. The summed E-state index contributed by atoms with van der Waals surface area (Å²) in [5, 5.41) is 23.4. The van der Waals surface area contributed by atoms with Crippen molar-refractivity contribution < 1.29 is 14.6 Å². The fourth-order valence-corrected chi connectivity index (χ4v) is 12.3. The second-order valence-electron chi connectivity index (χ2n) is 17.4. The largest absolute Gasteiger partial charge is 0.463 e. The number of nitrogens with zero attached hydrogens (tertiary/aromatic N) is 4. The van der Waals surface area contributed by atoms with Gasteiger partial charge in [-0.1, -0.05) is 90.4 Å². The Hall–Kier alpha value is -2.54. The van der Waals surface area contributed by atoms with Crippen LogP contribution in [0, 0.1) is 56.7 Å². The van der Waals surface area contributed by atoms with Crippen LogP contribution in [-0.4, -0.2) is 44.0 Å². The highest BCUT2D eigenvalue weighted by Gasteiger charge is 2.69. The van der Waals surface area contributed by atoms with Gasteiger partial charge in [-0.15, -0.1) is 5.10 Å². The van der Waals surface area contributed by atoms with Crippen LogP contribution in [0.5, 0.6) is 0 Å². The summed E-state index contributed by atoms with van der Waals surface area (Å²) >= 11 is 0.